The molecule has 3 rings (SSSR count). The van der Waals surface area contributed by atoms with Gasteiger partial charge in [-0.3, -0.25) is 30.3 Å². The summed E-state index contributed by atoms with van der Waals surface area (Å²) in [4.78, 5) is 52.3. The molecule has 3 aliphatic heterocycles. The largest absolute Gasteiger partial charge is 0.441 e. The van der Waals surface area contributed by atoms with Crippen molar-refractivity contribution in [2.75, 3.05) is 19.7 Å². The van der Waals surface area contributed by atoms with Crippen LogP contribution in [0.3, 0.4) is 0 Å². The third-order valence-corrected chi connectivity index (χ3v) is 7.61. The van der Waals surface area contributed by atoms with Gasteiger partial charge in [-0.05, 0) is 32.2 Å². The van der Waals surface area contributed by atoms with E-state index in [1.165, 1.54) is 0 Å². The second-order valence-corrected chi connectivity index (χ2v) is 11.2. The zero-order chi connectivity index (χ0) is 32.4. The van der Waals surface area contributed by atoms with Crippen LogP contribution in [0, 0.1) is 0 Å². The molecule has 2 saturated heterocycles. The third kappa shape index (κ3) is 10.1. The lowest BCUT2D eigenvalue weighted by Gasteiger charge is -2.44. The van der Waals surface area contributed by atoms with Crippen molar-refractivity contribution in [2.45, 2.75) is 106 Å². The Morgan fingerprint density at radius 3 is 2.41 bits per heavy atom. The lowest BCUT2D eigenvalue weighted by molar-refractivity contribution is -0.204. The monoisotopic (exact) mass is 630 g/mol. The highest BCUT2D eigenvalue weighted by molar-refractivity contribution is 5.94. The summed E-state index contributed by atoms with van der Waals surface area (Å²) < 4.78 is 10.8. The predicted octanol–water partition coefficient (Wildman–Crippen LogP) is -6.14. The number of ether oxygens (including phenoxy) is 2. The van der Waals surface area contributed by atoms with E-state index in [9.17, 15) is 34.5 Å². The molecule has 16 N–H and O–H groups in total. The lowest BCUT2D eigenvalue weighted by Crippen LogP contribution is -2.71. The molecule has 0 aromatic heterocycles. The number of primary amides is 1. The summed E-state index contributed by atoms with van der Waals surface area (Å²) in [6, 6.07) is -3.68. The SMILES string of the molecule is NCCC[C@H](N)CC(=O)NCCC[C@H](N)CC(=O)N[C@@H]1[C@H](O)[C@@H](OC(N)=O)[C@@H](CO)O[C@H]1NC1N[C@@H]2[C@H](O)C=NC(=O)[C@H]2N1. The summed E-state index contributed by atoms with van der Waals surface area (Å²) in [5.41, 5.74) is 22.6. The fraction of sp³-hybridized carbons (Fsp3) is 0.800. The van der Waals surface area contributed by atoms with Crippen LogP contribution in [0.5, 0.6) is 0 Å². The molecule has 11 atom stereocenters. The molecule has 44 heavy (non-hydrogen) atoms. The molecule has 0 radical (unpaired) electrons. The summed E-state index contributed by atoms with van der Waals surface area (Å²) in [6.45, 7) is 0.185. The number of aliphatic imine (C=N–C) groups is 1. The Morgan fingerprint density at radius 2 is 1.77 bits per heavy atom. The second kappa shape index (κ2) is 17.0. The van der Waals surface area contributed by atoms with Crippen molar-refractivity contribution in [3.8, 4) is 0 Å². The first-order valence-corrected chi connectivity index (χ1v) is 14.7. The van der Waals surface area contributed by atoms with Crippen LogP contribution in [-0.4, -0.2) is 132 Å². The minimum atomic E-state index is -1.59. The van der Waals surface area contributed by atoms with Gasteiger partial charge in [0.25, 0.3) is 5.91 Å². The van der Waals surface area contributed by atoms with Crippen LogP contribution in [0.25, 0.3) is 0 Å². The van der Waals surface area contributed by atoms with Gasteiger partial charge in [0.05, 0.1) is 18.7 Å². The maximum Gasteiger partial charge on any atom is 0.404 e. The molecule has 19 nitrogen and oxygen atoms in total. The van der Waals surface area contributed by atoms with Gasteiger partial charge >= 0.3 is 6.09 Å². The molecule has 0 aliphatic carbocycles. The number of nitrogens with two attached hydrogens (primary N) is 4. The van der Waals surface area contributed by atoms with E-state index >= 15 is 0 Å². The van der Waals surface area contributed by atoms with E-state index in [1.54, 1.807) is 0 Å². The summed E-state index contributed by atoms with van der Waals surface area (Å²) in [6.07, 6.45) is -5.13. The topological polar surface area (TPSA) is 324 Å². The van der Waals surface area contributed by atoms with Crippen LogP contribution in [0.15, 0.2) is 4.99 Å². The van der Waals surface area contributed by atoms with E-state index < -0.39 is 85.6 Å². The molecule has 1 unspecified atom stereocenters. The average molecular weight is 631 g/mol. The van der Waals surface area contributed by atoms with E-state index in [0.29, 0.717) is 32.4 Å². The van der Waals surface area contributed by atoms with Crippen LogP contribution in [0.1, 0.15) is 38.5 Å². The summed E-state index contributed by atoms with van der Waals surface area (Å²) in [5.74, 6) is -1.25. The highest BCUT2D eigenvalue weighted by Crippen LogP contribution is 2.24. The zero-order valence-electron chi connectivity index (χ0n) is 24.3. The number of carbonyl (C=O) groups excluding carboxylic acids is 4. The van der Waals surface area contributed by atoms with Crippen molar-refractivity contribution in [3.63, 3.8) is 0 Å². The first kappa shape index (κ1) is 35.6. The summed E-state index contributed by atoms with van der Waals surface area (Å²) in [7, 11) is 0. The molecule has 0 bridgehead atoms. The average Bonchev–Trinajstić information content (AvgIpc) is 3.40. The van der Waals surface area contributed by atoms with Crippen molar-refractivity contribution < 1.29 is 44.0 Å². The first-order valence-electron chi connectivity index (χ1n) is 14.7. The molecule has 4 amide bonds. The van der Waals surface area contributed by atoms with Crippen molar-refractivity contribution >= 4 is 30.0 Å². The van der Waals surface area contributed by atoms with Crippen molar-refractivity contribution in [2.24, 2.45) is 27.9 Å². The van der Waals surface area contributed by atoms with E-state index in [4.69, 9.17) is 32.4 Å². The molecule has 19 heteroatoms. The number of nitrogens with one attached hydrogen (secondary N) is 5. The number of rotatable bonds is 16. The second-order valence-electron chi connectivity index (χ2n) is 11.2. The number of aliphatic hydroxyl groups is 3. The molecule has 0 spiro atoms. The quantitative estimate of drug-likeness (QED) is 0.0706. The van der Waals surface area contributed by atoms with Gasteiger partial charge in [0, 0.05) is 37.7 Å². The van der Waals surface area contributed by atoms with Gasteiger partial charge in [-0.1, -0.05) is 0 Å². The molecular formula is C25H46N10O9. The Labute approximate surface area is 254 Å². The molecule has 3 aliphatic rings. The summed E-state index contributed by atoms with van der Waals surface area (Å²) in [5, 5.41) is 45.4. The number of fused-ring (bicyclic) bond motifs is 1. The van der Waals surface area contributed by atoms with Crippen molar-refractivity contribution in [1.29, 1.82) is 0 Å². The molecule has 0 aromatic carbocycles. The first-order chi connectivity index (χ1) is 20.9. The van der Waals surface area contributed by atoms with Crippen LogP contribution in [0.2, 0.25) is 0 Å². The number of carbonyl (C=O) groups is 4. The van der Waals surface area contributed by atoms with Crippen LogP contribution < -0.4 is 49.5 Å². The fourth-order valence-electron chi connectivity index (χ4n) is 5.38. The predicted molar refractivity (Wildman–Crippen MR) is 154 cm³/mol. The molecule has 0 saturated carbocycles. The fourth-order valence-corrected chi connectivity index (χ4v) is 5.38. The minimum Gasteiger partial charge on any atom is -0.441 e. The normalized spacial score (nSPS) is 32.9. The highest BCUT2D eigenvalue weighted by atomic mass is 16.6. The van der Waals surface area contributed by atoms with Crippen LogP contribution in [-0.2, 0) is 23.9 Å². The minimum absolute atomic E-state index is 0.152. The van der Waals surface area contributed by atoms with E-state index in [2.05, 4.69) is 31.6 Å². The Bertz CT molecular complexity index is 1020. The van der Waals surface area contributed by atoms with Crippen molar-refractivity contribution in [3.05, 3.63) is 0 Å². The standard InChI is InChI=1S/C25H46N10O9/c26-5-1-3-11(27)7-15(38)30-6-2-4-12(28)8-16(39)32-19-20(40)21(44-24(29)42)14(10-36)43-23(19)35-25-33-17-13(37)9-31-22(41)18(17)34-25/h9,11-14,17-21,23,25,33-37,40H,1-8,10,26-28H2,(H2,29,42)(H,30,38)(H,32,39)/t11-,12-,13+,14+,17+,18-,19+,20-,21-,23+,25?/m0/s1. The van der Waals surface area contributed by atoms with Gasteiger partial charge in [0.2, 0.25) is 11.8 Å². The van der Waals surface area contributed by atoms with Crippen LogP contribution >= 0.6 is 0 Å². The molecule has 250 valence electrons. The third-order valence-electron chi connectivity index (χ3n) is 7.61. The zero-order valence-corrected chi connectivity index (χ0v) is 24.3. The van der Waals surface area contributed by atoms with Gasteiger partial charge in [0.1, 0.15) is 36.9 Å². The smallest absolute Gasteiger partial charge is 0.404 e. The van der Waals surface area contributed by atoms with Gasteiger partial charge in [0.15, 0.2) is 6.10 Å². The Kier molecular flexibility index (Phi) is 13.8. The highest BCUT2D eigenvalue weighted by Gasteiger charge is 2.50. The Hall–Kier alpha value is -2.85. The number of aliphatic hydroxyl groups excluding tert-OH is 3. The van der Waals surface area contributed by atoms with Gasteiger partial charge in [-0.25, -0.2) is 9.79 Å². The van der Waals surface area contributed by atoms with Crippen molar-refractivity contribution in [1.82, 2.24) is 26.6 Å². The molecule has 2 fully saturated rings. The molecular weight excluding hydrogens is 584 g/mol. The van der Waals surface area contributed by atoms with Gasteiger partial charge < -0.3 is 58.4 Å². The number of amides is 4. The lowest BCUT2D eigenvalue weighted by atomic mass is 9.95. The summed E-state index contributed by atoms with van der Waals surface area (Å²) >= 11 is 0. The molecule has 3 heterocycles. The number of nitrogens with zero attached hydrogens (tertiary/aromatic N) is 1. The van der Waals surface area contributed by atoms with Crippen LogP contribution in [0.4, 0.5) is 4.79 Å². The maximum absolute atomic E-state index is 13.0. The number of hydrogen-bond acceptors (Lipinski definition) is 15. The van der Waals surface area contributed by atoms with E-state index in [1.807, 2.05) is 0 Å². The van der Waals surface area contributed by atoms with E-state index in [-0.39, 0.29) is 24.8 Å². The van der Waals surface area contributed by atoms with E-state index in [0.717, 1.165) is 12.6 Å². The van der Waals surface area contributed by atoms with Gasteiger partial charge in [-0.15, -0.1) is 0 Å². The Morgan fingerprint density at radius 1 is 1.09 bits per heavy atom. The van der Waals surface area contributed by atoms with Gasteiger partial charge in [-0.2, -0.15) is 0 Å². The molecule has 0 aromatic rings. The maximum atomic E-state index is 13.0. The number of hydrogen-bond donors (Lipinski definition) is 12. The Balaban J connectivity index is 1.56.